The lowest BCUT2D eigenvalue weighted by molar-refractivity contribution is -0.141. The molecule has 14 nitrogen and oxygen atoms in total. The molecule has 0 aromatic rings. The van der Waals surface area contributed by atoms with E-state index in [4.69, 9.17) is 19.3 Å². The van der Waals surface area contributed by atoms with Crippen LogP contribution in [-0.2, 0) is 34.0 Å². The summed E-state index contributed by atoms with van der Waals surface area (Å²) in [4.78, 5) is 47.1. The molecule has 0 radical (unpaired) electrons. The largest absolute Gasteiger partial charge is 0.480 e. The number of carbonyl (C=O) groups is 4. The molecule has 0 aromatic carbocycles. The molecule has 1 aliphatic rings. The summed E-state index contributed by atoms with van der Waals surface area (Å²) in [5.41, 5.74) is 0. The van der Waals surface area contributed by atoms with Gasteiger partial charge in [0.2, 0.25) is 5.91 Å². The molecule has 0 unspecified atom stereocenters. The highest BCUT2D eigenvalue weighted by Crippen LogP contribution is 2.52. The van der Waals surface area contributed by atoms with Gasteiger partial charge in [-0.1, -0.05) is 39.7 Å². The molecule has 15 heteroatoms. The van der Waals surface area contributed by atoms with Crippen LogP contribution < -0.4 is 20.1 Å². The first-order valence-electron chi connectivity index (χ1n) is 13.4. The smallest absolute Gasteiger partial charge is 0.421 e. The first kappa shape index (κ1) is 35.1. The van der Waals surface area contributed by atoms with Crippen molar-refractivity contribution in [2.24, 2.45) is 23.7 Å². The quantitative estimate of drug-likeness (QED) is 0.102. The molecule has 230 valence electrons. The second-order valence-electron chi connectivity index (χ2n) is 9.93. The molecule has 1 rings (SSSR count). The molecule has 1 saturated carbocycles. The topological polar surface area (TPSA) is 198 Å². The summed E-state index contributed by atoms with van der Waals surface area (Å²) in [5, 5.41) is 13.6. The number of nitrogens with one attached hydrogen (secondary N) is 4. The van der Waals surface area contributed by atoms with Crippen molar-refractivity contribution in [2.45, 2.75) is 65.5 Å². The summed E-state index contributed by atoms with van der Waals surface area (Å²) < 4.78 is 43.3. The first-order valence-corrected chi connectivity index (χ1v) is 14.9. The number of ether oxygens (including phenoxy) is 3. The number of alkyl carbamates (subject to hydrolysis) is 1. The molecule has 1 aliphatic carbocycles. The van der Waals surface area contributed by atoms with Gasteiger partial charge in [-0.15, -0.1) is 6.58 Å². The lowest BCUT2D eigenvalue weighted by Crippen LogP contribution is -2.53. The zero-order chi connectivity index (χ0) is 30.3. The van der Waals surface area contributed by atoms with Gasteiger partial charge in [-0.25, -0.2) is 14.3 Å². The van der Waals surface area contributed by atoms with E-state index < -0.39 is 46.4 Å². The van der Waals surface area contributed by atoms with E-state index in [1.165, 1.54) is 6.92 Å². The van der Waals surface area contributed by atoms with Crippen LogP contribution in [0.3, 0.4) is 0 Å². The minimum Gasteiger partial charge on any atom is -0.480 e. The fourth-order valence-electron chi connectivity index (χ4n) is 4.23. The molecule has 0 bridgehead atoms. The third-order valence-electron chi connectivity index (χ3n) is 6.41. The normalized spacial score (nSPS) is 19.7. The molecule has 0 spiro atoms. The van der Waals surface area contributed by atoms with Crippen molar-refractivity contribution in [1.29, 1.82) is 0 Å². The maximum absolute atomic E-state index is 12.2. The third-order valence-corrected chi connectivity index (χ3v) is 7.43. The van der Waals surface area contributed by atoms with Crippen molar-refractivity contribution in [2.75, 3.05) is 33.0 Å². The number of amides is 3. The van der Waals surface area contributed by atoms with Crippen LogP contribution in [0.15, 0.2) is 12.7 Å². The lowest BCUT2D eigenvalue weighted by Gasteiger charge is -2.22. The Hall–Kier alpha value is -2.91. The van der Waals surface area contributed by atoms with Crippen LogP contribution in [0.5, 0.6) is 0 Å². The van der Waals surface area contributed by atoms with Crippen LogP contribution in [0.2, 0.25) is 0 Å². The average molecular weight is 593 g/mol. The number of carboxylic acid groups (broad SMARTS) is 1. The van der Waals surface area contributed by atoms with Gasteiger partial charge in [-0.2, -0.15) is 13.1 Å². The highest BCUT2D eigenvalue weighted by Gasteiger charge is 2.48. The van der Waals surface area contributed by atoms with E-state index in [9.17, 15) is 27.6 Å². The number of carboxylic acids is 1. The Morgan fingerprint density at radius 1 is 0.950 bits per heavy atom. The van der Waals surface area contributed by atoms with Crippen molar-refractivity contribution in [3.63, 3.8) is 0 Å². The number of hydrogen-bond donors (Lipinski definition) is 5. The summed E-state index contributed by atoms with van der Waals surface area (Å²) in [6, 6.07) is -2.14. The van der Waals surface area contributed by atoms with E-state index in [2.05, 4.69) is 28.9 Å². The summed E-state index contributed by atoms with van der Waals surface area (Å²) in [5.74, 6) is -1.05. The standard InChI is InChI=1S/C25H44N4O10S/c1-6-8-10-19-18(9-7-2)20(19)15-39-25(34)29-40(35,36)26-11-12-37-13-14-38-24(33)28-21(16(3)4)22(30)27-17(5)23(31)32/h6,16-21,26H,1,7-15H2,2-5H3,(H,27,30)(H,28,33)(H,29,34)(H,31,32)/t17-,18+,19-,20+,21-/m1/s1. The van der Waals surface area contributed by atoms with Crippen molar-refractivity contribution in [3.05, 3.63) is 12.7 Å². The fourth-order valence-corrected chi connectivity index (χ4v) is 4.93. The summed E-state index contributed by atoms with van der Waals surface area (Å²) in [6.07, 6.45) is 3.84. The minimum absolute atomic E-state index is 0.0630. The molecule has 5 N–H and O–H groups in total. The minimum atomic E-state index is -4.15. The van der Waals surface area contributed by atoms with Crippen molar-refractivity contribution >= 4 is 34.3 Å². The lowest BCUT2D eigenvalue weighted by atomic mass is 10.0. The Morgan fingerprint density at radius 2 is 1.62 bits per heavy atom. The van der Waals surface area contributed by atoms with E-state index in [-0.39, 0.29) is 44.8 Å². The maximum Gasteiger partial charge on any atom is 0.421 e. The fraction of sp³-hybridized carbons (Fsp3) is 0.760. The monoisotopic (exact) mass is 592 g/mol. The van der Waals surface area contributed by atoms with Crippen LogP contribution in [0, 0.1) is 23.7 Å². The predicted octanol–water partition coefficient (Wildman–Crippen LogP) is 1.53. The Morgan fingerprint density at radius 3 is 2.23 bits per heavy atom. The molecule has 0 saturated heterocycles. The Balaban J connectivity index is 2.24. The van der Waals surface area contributed by atoms with Crippen molar-refractivity contribution < 1.29 is 46.9 Å². The van der Waals surface area contributed by atoms with Gasteiger partial charge >= 0.3 is 28.4 Å². The van der Waals surface area contributed by atoms with Gasteiger partial charge in [0.15, 0.2) is 0 Å². The van der Waals surface area contributed by atoms with Crippen LogP contribution in [0.25, 0.3) is 0 Å². The number of aliphatic carboxylic acids is 1. The van der Waals surface area contributed by atoms with Crippen LogP contribution >= 0.6 is 0 Å². The van der Waals surface area contributed by atoms with Gasteiger partial charge in [0.25, 0.3) is 0 Å². The molecule has 0 aromatic heterocycles. The first-order chi connectivity index (χ1) is 18.8. The number of allylic oxidation sites excluding steroid dienone is 1. The van der Waals surface area contributed by atoms with Gasteiger partial charge in [0.1, 0.15) is 18.7 Å². The Labute approximate surface area is 236 Å². The summed E-state index contributed by atoms with van der Waals surface area (Å²) in [6.45, 7) is 10.2. The van der Waals surface area contributed by atoms with Crippen molar-refractivity contribution in [3.8, 4) is 0 Å². The van der Waals surface area contributed by atoms with E-state index >= 15 is 0 Å². The molecule has 1 fully saturated rings. The number of carbonyl (C=O) groups excluding carboxylic acids is 3. The zero-order valence-corrected chi connectivity index (χ0v) is 24.5. The average Bonchev–Trinajstić information content (AvgIpc) is 3.53. The van der Waals surface area contributed by atoms with E-state index in [0.717, 1.165) is 25.7 Å². The number of rotatable bonds is 20. The van der Waals surface area contributed by atoms with Gasteiger partial charge < -0.3 is 30.0 Å². The molecule has 0 aliphatic heterocycles. The predicted molar refractivity (Wildman–Crippen MR) is 145 cm³/mol. The Kier molecular flexibility index (Phi) is 15.5. The second-order valence-corrected chi connectivity index (χ2v) is 11.4. The Bertz CT molecular complexity index is 959. The second kappa shape index (κ2) is 17.7. The summed E-state index contributed by atoms with van der Waals surface area (Å²) in [7, 11) is -4.15. The van der Waals surface area contributed by atoms with Gasteiger partial charge in [0.05, 0.1) is 19.8 Å². The molecular formula is C25H44N4O10S. The third kappa shape index (κ3) is 13.4. The highest BCUT2D eigenvalue weighted by molar-refractivity contribution is 7.88. The SMILES string of the molecule is C=CCC[C@@H]1[C@H](CCC)[C@@H]1COC(=O)NS(=O)(=O)NCCOCCOC(=O)N[C@@H](C(=O)N[C@H](C)C(=O)O)C(C)C. The summed E-state index contributed by atoms with van der Waals surface area (Å²) >= 11 is 0. The van der Waals surface area contributed by atoms with Gasteiger partial charge in [-0.3, -0.25) is 9.59 Å². The van der Waals surface area contributed by atoms with E-state index in [1.54, 1.807) is 18.6 Å². The highest BCUT2D eigenvalue weighted by atomic mass is 32.2. The van der Waals surface area contributed by atoms with Gasteiger partial charge in [-0.05, 0) is 43.4 Å². The molecular weight excluding hydrogens is 548 g/mol. The van der Waals surface area contributed by atoms with Crippen LogP contribution in [0.1, 0.15) is 53.4 Å². The molecule has 5 atom stereocenters. The molecule has 3 amide bonds. The van der Waals surface area contributed by atoms with Crippen LogP contribution in [0.4, 0.5) is 9.59 Å². The molecule has 0 heterocycles. The van der Waals surface area contributed by atoms with Gasteiger partial charge in [0, 0.05) is 6.54 Å². The van der Waals surface area contributed by atoms with Crippen molar-refractivity contribution in [1.82, 2.24) is 20.1 Å². The van der Waals surface area contributed by atoms with E-state index in [0.29, 0.717) is 11.8 Å². The van der Waals surface area contributed by atoms with Crippen LogP contribution in [-0.4, -0.2) is 82.6 Å². The van der Waals surface area contributed by atoms with E-state index in [1.807, 2.05) is 6.08 Å². The maximum atomic E-state index is 12.2. The number of hydrogen-bond acceptors (Lipinski definition) is 9. The molecule has 40 heavy (non-hydrogen) atoms. The zero-order valence-electron chi connectivity index (χ0n) is 23.6.